The van der Waals surface area contributed by atoms with Gasteiger partial charge in [-0.2, -0.15) is 0 Å². The highest BCUT2D eigenvalue weighted by Crippen LogP contribution is 2.50. The molecule has 0 atom stereocenters. The minimum Gasteiger partial charge on any atom is -0.456 e. The first kappa shape index (κ1) is 27.6. The van der Waals surface area contributed by atoms with Gasteiger partial charge in [-0.05, 0) is 98.4 Å². The van der Waals surface area contributed by atoms with E-state index in [0.717, 1.165) is 27.6 Å². The van der Waals surface area contributed by atoms with Crippen LogP contribution in [0.1, 0.15) is 0 Å². The third-order valence-electron chi connectivity index (χ3n) is 11.8. The smallest absolute Gasteiger partial charge is 0.137 e. The van der Waals surface area contributed by atoms with Gasteiger partial charge in [0, 0.05) is 38.3 Å². The summed E-state index contributed by atoms with van der Waals surface area (Å²) in [4.78, 5) is 0. The first-order chi connectivity index (χ1) is 26.3. The van der Waals surface area contributed by atoms with E-state index in [0.29, 0.717) is 0 Å². The fourth-order valence-electron chi connectivity index (χ4n) is 9.63. The maximum atomic E-state index is 6.51. The standard InChI is InChI=1S/C50H28N2O/c1-2-11-30-26-32(21-20-29(30)10-1)52-49-37(38-23-25-45-48(50(38)52)40-16-6-8-19-44(40)53-45)22-24-43-47(49)39-15-5-7-18-42(39)51(43)33-27-31-12-9-17-36-34-13-3-4-14-35(34)41(28-33)46(31)36/h1-28H. The van der Waals surface area contributed by atoms with Gasteiger partial charge in [-0.1, -0.05) is 115 Å². The third kappa shape index (κ3) is 3.49. The van der Waals surface area contributed by atoms with E-state index in [1.54, 1.807) is 0 Å². The maximum absolute atomic E-state index is 6.51. The van der Waals surface area contributed by atoms with Crippen LogP contribution >= 0.6 is 0 Å². The SMILES string of the molecule is c1ccc2c(c1)-c1cccc3cc(-n4c5ccccc5c5c4ccc4c6ccc7oc8ccccc8c7c6n(-c6ccc7ccccc7c6)c45)cc-2c13. The Balaban J connectivity index is 1.22. The quantitative estimate of drug-likeness (QED) is 0.179. The number of hydrogen-bond acceptors (Lipinski definition) is 1. The van der Waals surface area contributed by atoms with Crippen molar-refractivity contribution in [2.75, 3.05) is 0 Å². The average Bonchev–Trinajstić information content (AvgIpc) is 3.95. The number of aromatic nitrogens is 2. The van der Waals surface area contributed by atoms with Gasteiger partial charge in [-0.3, -0.25) is 0 Å². The molecule has 0 N–H and O–H groups in total. The van der Waals surface area contributed by atoms with E-state index in [-0.39, 0.29) is 0 Å². The predicted molar refractivity (Wildman–Crippen MR) is 222 cm³/mol. The average molecular weight is 673 g/mol. The van der Waals surface area contributed by atoms with Gasteiger partial charge in [0.05, 0.1) is 27.5 Å². The Morgan fingerprint density at radius 2 is 1.00 bits per heavy atom. The first-order valence-corrected chi connectivity index (χ1v) is 18.3. The number of rotatable bonds is 2. The molecule has 244 valence electrons. The Bertz CT molecular complexity index is 3570. The lowest BCUT2D eigenvalue weighted by molar-refractivity contribution is 0.669. The Kier molecular flexibility index (Phi) is 5.11. The lowest BCUT2D eigenvalue weighted by Gasteiger charge is -2.13. The molecule has 0 saturated carbocycles. The van der Waals surface area contributed by atoms with Crippen molar-refractivity contribution < 1.29 is 4.42 Å². The van der Waals surface area contributed by atoms with Gasteiger partial charge in [0.25, 0.3) is 0 Å². The lowest BCUT2D eigenvalue weighted by Crippen LogP contribution is -1.96. The molecule has 0 spiro atoms. The Hall–Kier alpha value is -7.10. The van der Waals surface area contributed by atoms with E-state index in [1.165, 1.54) is 93.1 Å². The van der Waals surface area contributed by atoms with Crippen LogP contribution in [0, 0.1) is 0 Å². The zero-order valence-corrected chi connectivity index (χ0v) is 28.5. The number of nitrogens with zero attached hydrogens (tertiary/aromatic N) is 2. The molecule has 0 unspecified atom stereocenters. The van der Waals surface area contributed by atoms with Gasteiger partial charge in [0.2, 0.25) is 0 Å². The number of furan rings is 1. The summed E-state index contributed by atoms with van der Waals surface area (Å²) in [5.41, 5.74) is 14.1. The summed E-state index contributed by atoms with van der Waals surface area (Å²) in [7, 11) is 0. The summed E-state index contributed by atoms with van der Waals surface area (Å²) in [6, 6.07) is 62.3. The molecule has 3 heteroatoms. The van der Waals surface area contributed by atoms with Gasteiger partial charge in [-0.25, -0.2) is 0 Å². The molecule has 53 heavy (non-hydrogen) atoms. The minimum absolute atomic E-state index is 0.899. The molecule has 0 bridgehead atoms. The van der Waals surface area contributed by atoms with E-state index in [4.69, 9.17) is 4.42 Å². The van der Waals surface area contributed by atoms with Crippen molar-refractivity contribution in [3.63, 3.8) is 0 Å². The summed E-state index contributed by atoms with van der Waals surface area (Å²) >= 11 is 0. The molecule has 0 radical (unpaired) electrons. The summed E-state index contributed by atoms with van der Waals surface area (Å²) in [6.45, 7) is 0. The molecule has 1 aliphatic rings. The van der Waals surface area contributed by atoms with Crippen molar-refractivity contribution in [3.8, 4) is 33.6 Å². The van der Waals surface area contributed by atoms with Gasteiger partial charge < -0.3 is 13.6 Å². The molecule has 0 aliphatic heterocycles. The molecule has 3 nitrogen and oxygen atoms in total. The number of fused-ring (bicyclic) bond motifs is 15. The summed E-state index contributed by atoms with van der Waals surface area (Å²) in [6.07, 6.45) is 0. The molecule has 1 aliphatic carbocycles. The van der Waals surface area contributed by atoms with Crippen molar-refractivity contribution in [1.29, 1.82) is 0 Å². The molecule has 0 fully saturated rings. The van der Waals surface area contributed by atoms with Crippen LogP contribution in [-0.4, -0.2) is 9.13 Å². The number of hydrogen-bond donors (Lipinski definition) is 0. The van der Waals surface area contributed by atoms with Crippen LogP contribution in [0.4, 0.5) is 0 Å². The van der Waals surface area contributed by atoms with Crippen LogP contribution in [0.3, 0.4) is 0 Å². The zero-order valence-electron chi connectivity index (χ0n) is 28.5. The Morgan fingerprint density at radius 1 is 0.321 bits per heavy atom. The van der Waals surface area contributed by atoms with Crippen LogP contribution in [0.15, 0.2) is 174 Å². The number of para-hydroxylation sites is 2. The van der Waals surface area contributed by atoms with Crippen LogP contribution in [-0.2, 0) is 0 Å². The zero-order chi connectivity index (χ0) is 34.4. The van der Waals surface area contributed by atoms with E-state index in [2.05, 4.69) is 179 Å². The van der Waals surface area contributed by atoms with Crippen molar-refractivity contribution in [3.05, 3.63) is 170 Å². The molecular weight excluding hydrogens is 645 g/mol. The highest BCUT2D eigenvalue weighted by molar-refractivity contribution is 6.31. The summed E-state index contributed by atoms with van der Waals surface area (Å²) in [5, 5.41) is 12.2. The van der Waals surface area contributed by atoms with Crippen LogP contribution < -0.4 is 0 Å². The second-order valence-electron chi connectivity index (χ2n) is 14.5. The molecule has 3 heterocycles. The van der Waals surface area contributed by atoms with Crippen molar-refractivity contribution >= 4 is 87.1 Å². The molecule has 9 aromatic carbocycles. The lowest BCUT2D eigenvalue weighted by atomic mass is 10.0. The number of benzene rings is 9. The fraction of sp³-hybridized carbons (Fsp3) is 0. The summed E-state index contributed by atoms with van der Waals surface area (Å²) in [5.74, 6) is 0. The van der Waals surface area contributed by atoms with Crippen LogP contribution in [0.5, 0.6) is 0 Å². The summed E-state index contributed by atoms with van der Waals surface area (Å²) < 4.78 is 11.5. The van der Waals surface area contributed by atoms with E-state index in [9.17, 15) is 0 Å². The van der Waals surface area contributed by atoms with Crippen LogP contribution in [0.2, 0.25) is 0 Å². The highest BCUT2D eigenvalue weighted by Gasteiger charge is 2.26. The topological polar surface area (TPSA) is 23.0 Å². The van der Waals surface area contributed by atoms with Crippen LogP contribution in [0.25, 0.3) is 121 Å². The Morgan fingerprint density at radius 3 is 1.91 bits per heavy atom. The van der Waals surface area contributed by atoms with Crippen molar-refractivity contribution in [2.24, 2.45) is 0 Å². The maximum Gasteiger partial charge on any atom is 0.137 e. The minimum atomic E-state index is 0.899. The van der Waals surface area contributed by atoms with Gasteiger partial charge >= 0.3 is 0 Å². The predicted octanol–water partition coefficient (Wildman–Crippen LogP) is 13.7. The fourth-order valence-corrected chi connectivity index (χ4v) is 9.63. The second-order valence-corrected chi connectivity index (χ2v) is 14.5. The van der Waals surface area contributed by atoms with E-state index in [1.807, 2.05) is 0 Å². The molecule has 12 aromatic rings. The normalized spacial score (nSPS) is 12.5. The highest BCUT2D eigenvalue weighted by atomic mass is 16.3. The van der Waals surface area contributed by atoms with Gasteiger partial charge in [-0.15, -0.1) is 0 Å². The van der Waals surface area contributed by atoms with Gasteiger partial charge in [0.1, 0.15) is 11.2 Å². The molecule has 0 amide bonds. The molecule has 0 saturated heterocycles. The molecular formula is C50H28N2O. The molecule has 13 rings (SSSR count). The van der Waals surface area contributed by atoms with E-state index >= 15 is 0 Å². The molecule has 3 aromatic heterocycles. The van der Waals surface area contributed by atoms with E-state index < -0.39 is 0 Å². The van der Waals surface area contributed by atoms with Crippen molar-refractivity contribution in [1.82, 2.24) is 9.13 Å². The monoisotopic (exact) mass is 672 g/mol. The second kappa shape index (κ2) is 9.81. The van der Waals surface area contributed by atoms with Gasteiger partial charge in [0.15, 0.2) is 0 Å². The first-order valence-electron chi connectivity index (χ1n) is 18.3. The third-order valence-corrected chi connectivity index (χ3v) is 11.8. The van der Waals surface area contributed by atoms with Crippen molar-refractivity contribution in [2.45, 2.75) is 0 Å². The Labute approximate surface area is 303 Å². The largest absolute Gasteiger partial charge is 0.456 e.